The van der Waals surface area contributed by atoms with Gasteiger partial charge in [-0.05, 0) is 58.6 Å². The predicted molar refractivity (Wildman–Crippen MR) is 124 cm³/mol. The molecule has 1 rings (SSSR count). The molecule has 0 aromatic heterocycles. The summed E-state index contributed by atoms with van der Waals surface area (Å²) in [6.07, 6.45) is -1.46. The molecule has 0 heterocycles. The number of hydrogen-bond acceptors (Lipinski definition) is 10. The number of rotatable bonds is 6. The third-order valence-corrected chi connectivity index (χ3v) is 6.97. The minimum atomic E-state index is -4.66. The predicted octanol–water partition coefficient (Wildman–Crippen LogP) is 2.53. The Hall–Kier alpha value is -2.55. The molecule has 0 aliphatic rings. The van der Waals surface area contributed by atoms with Gasteiger partial charge >= 0.3 is 18.2 Å². The number of nitrogens with zero attached hydrogens (tertiary/aromatic N) is 1. The zero-order chi connectivity index (χ0) is 27.6. The van der Waals surface area contributed by atoms with Crippen molar-refractivity contribution >= 4 is 38.0 Å². The summed E-state index contributed by atoms with van der Waals surface area (Å²) in [5.41, 5.74) is -2.06. The second kappa shape index (κ2) is 10.2. The second-order valence-electron chi connectivity index (χ2n) is 9.94. The number of quaternary nitrogens is 1. The van der Waals surface area contributed by atoms with Gasteiger partial charge in [0.15, 0.2) is 9.84 Å². The van der Waals surface area contributed by atoms with Crippen molar-refractivity contribution in [3.8, 4) is 0 Å². The summed E-state index contributed by atoms with van der Waals surface area (Å²) in [7, 11) is -7.52. The number of benzene rings is 1. The summed E-state index contributed by atoms with van der Waals surface area (Å²) in [6, 6.07) is 3.07. The average Bonchev–Trinajstić information content (AvgIpc) is 2.67. The number of carbonyl (C=O) groups excluding carboxylic acids is 3. The molecule has 0 aliphatic carbocycles. The third kappa shape index (κ3) is 7.98. The molecule has 1 atom stereocenters. The Bertz CT molecular complexity index is 1170. The fourth-order valence-corrected chi connectivity index (χ4v) is 4.93. The van der Waals surface area contributed by atoms with Crippen LogP contribution in [0.5, 0.6) is 0 Å². The molecule has 0 bridgehead atoms. The van der Waals surface area contributed by atoms with Crippen LogP contribution in [0.1, 0.15) is 48.5 Å². The largest absolute Gasteiger partial charge is 0.527 e. The first-order chi connectivity index (χ1) is 15.5. The van der Waals surface area contributed by atoms with Crippen molar-refractivity contribution in [2.24, 2.45) is 0 Å². The summed E-state index contributed by atoms with van der Waals surface area (Å²) in [4.78, 5) is 43.8. The molecule has 12 nitrogen and oxygen atoms in total. The van der Waals surface area contributed by atoms with Crippen molar-refractivity contribution < 1.29 is 50.0 Å². The van der Waals surface area contributed by atoms with Gasteiger partial charge in [-0.15, -0.1) is 4.48 Å². The van der Waals surface area contributed by atoms with Gasteiger partial charge in [0.1, 0.15) is 16.1 Å². The molecular weight excluding hydrogens is 504 g/mol. The van der Waals surface area contributed by atoms with Crippen molar-refractivity contribution in [1.82, 2.24) is 4.89 Å². The topological polar surface area (TPSA) is 159 Å². The molecule has 1 aromatic rings. The van der Waals surface area contributed by atoms with Crippen molar-refractivity contribution in [1.29, 1.82) is 0 Å². The van der Waals surface area contributed by atoms with Crippen LogP contribution in [0.4, 0.5) is 9.59 Å². The standard InChI is InChI=1S/C21H33N2O10S2/c1-14(23(8,18(25)31-20(2,3)4)19(26)32-21(5,6)7)17(24)33-22-35(29,30)16-13-11-10-12-15(16)34(9,27)28/h10-14,22H,1-9H3/q+1/t14-/m1/s1. The highest BCUT2D eigenvalue weighted by molar-refractivity contribution is 7.93. The van der Waals surface area contributed by atoms with Gasteiger partial charge in [-0.25, -0.2) is 21.6 Å². The summed E-state index contributed by atoms with van der Waals surface area (Å²) in [6.45, 7) is 10.5. The number of imide groups is 1. The molecule has 198 valence electrons. The fraction of sp³-hybridized carbons (Fsp3) is 0.571. The molecule has 14 heteroatoms. The van der Waals surface area contributed by atoms with Gasteiger partial charge in [0, 0.05) is 13.2 Å². The summed E-state index contributed by atoms with van der Waals surface area (Å²) in [5, 5.41) is 0. The fourth-order valence-electron chi connectivity index (χ4n) is 2.52. The van der Waals surface area contributed by atoms with E-state index in [1.807, 2.05) is 0 Å². The number of ether oxygens (including phenoxy) is 2. The number of sulfone groups is 1. The van der Waals surface area contributed by atoms with E-state index in [-0.39, 0.29) is 0 Å². The Labute approximate surface area is 206 Å². The van der Waals surface area contributed by atoms with Crippen LogP contribution in [0, 0.1) is 0 Å². The van der Waals surface area contributed by atoms with E-state index >= 15 is 0 Å². The van der Waals surface area contributed by atoms with Gasteiger partial charge < -0.3 is 14.3 Å². The van der Waals surface area contributed by atoms with E-state index in [1.165, 1.54) is 12.1 Å². The van der Waals surface area contributed by atoms with Gasteiger partial charge in [0.2, 0.25) is 6.04 Å². The minimum Gasteiger partial charge on any atom is -0.414 e. The van der Waals surface area contributed by atoms with Crippen molar-refractivity contribution in [2.75, 3.05) is 13.3 Å². The summed E-state index contributed by atoms with van der Waals surface area (Å²) < 4.78 is 58.5. The Kier molecular flexibility index (Phi) is 8.89. The molecule has 2 amide bonds. The molecule has 1 aromatic carbocycles. The summed E-state index contributed by atoms with van der Waals surface area (Å²) in [5.74, 6) is -1.33. The van der Waals surface area contributed by atoms with Crippen molar-refractivity contribution in [3.63, 3.8) is 0 Å². The Morgan fingerprint density at radius 2 is 1.26 bits per heavy atom. The second-order valence-corrected chi connectivity index (χ2v) is 13.5. The lowest BCUT2D eigenvalue weighted by Gasteiger charge is -2.34. The Balaban J connectivity index is 3.30. The number of hydrogen-bond donors (Lipinski definition) is 1. The van der Waals surface area contributed by atoms with Crippen LogP contribution in [0.2, 0.25) is 0 Å². The van der Waals surface area contributed by atoms with Crippen LogP contribution < -0.4 is 4.89 Å². The van der Waals surface area contributed by atoms with E-state index in [4.69, 9.17) is 14.3 Å². The van der Waals surface area contributed by atoms with E-state index in [0.717, 1.165) is 32.4 Å². The molecule has 0 aliphatic heterocycles. The Morgan fingerprint density at radius 3 is 1.63 bits per heavy atom. The molecule has 0 saturated carbocycles. The lowest BCUT2D eigenvalue weighted by Crippen LogP contribution is -2.64. The maximum absolute atomic E-state index is 13.0. The number of carbonyl (C=O) groups is 3. The smallest absolute Gasteiger partial charge is 0.414 e. The van der Waals surface area contributed by atoms with Crippen LogP contribution in [0.25, 0.3) is 0 Å². The lowest BCUT2D eigenvalue weighted by molar-refractivity contribution is -0.782. The highest BCUT2D eigenvalue weighted by atomic mass is 32.2. The van der Waals surface area contributed by atoms with Crippen LogP contribution in [-0.4, -0.2) is 70.0 Å². The van der Waals surface area contributed by atoms with Crippen LogP contribution in [0.15, 0.2) is 34.1 Å². The van der Waals surface area contributed by atoms with Gasteiger partial charge in [-0.1, -0.05) is 12.1 Å². The number of likely N-dealkylation sites (N-methyl/N-ethyl adjacent to an activating group) is 1. The van der Waals surface area contributed by atoms with Crippen molar-refractivity contribution in [3.05, 3.63) is 24.3 Å². The quantitative estimate of drug-likeness (QED) is 0.324. The molecular formula is C21H33N2O10S2+. The van der Waals surface area contributed by atoms with Gasteiger partial charge in [-0.2, -0.15) is 9.59 Å². The zero-order valence-electron chi connectivity index (χ0n) is 21.2. The van der Waals surface area contributed by atoms with Gasteiger partial charge in [0.05, 0.1) is 11.9 Å². The maximum atomic E-state index is 13.0. The first-order valence-electron chi connectivity index (χ1n) is 10.4. The van der Waals surface area contributed by atoms with Crippen LogP contribution >= 0.6 is 0 Å². The Morgan fingerprint density at radius 1 is 0.857 bits per heavy atom. The average molecular weight is 538 g/mol. The third-order valence-electron chi connectivity index (χ3n) is 4.45. The molecule has 1 N–H and O–H groups in total. The SMILES string of the molecule is C[C@H](C(=O)ONS(=O)(=O)c1ccccc1S(C)(=O)=O)[N+](C)(C(=O)OC(C)(C)C)C(=O)OC(C)(C)C. The molecule has 0 saturated heterocycles. The monoisotopic (exact) mass is 537 g/mol. The molecule has 35 heavy (non-hydrogen) atoms. The first kappa shape index (κ1) is 30.5. The van der Waals surface area contributed by atoms with E-state index in [9.17, 15) is 31.2 Å². The van der Waals surface area contributed by atoms with Crippen LogP contribution in [0.3, 0.4) is 0 Å². The maximum Gasteiger partial charge on any atom is 0.527 e. The molecule has 0 unspecified atom stereocenters. The highest BCUT2D eigenvalue weighted by Crippen LogP contribution is 2.24. The molecule has 0 fully saturated rings. The van der Waals surface area contributed by atoms with Crippen molar-refractivity contribution in [2.45, 2.75) is 75.5 Å². The van der Waals surface area contributed by atoms with Gasteiger partial charge in [-0.3, -0.25) is 0 Å². The van der Waals surface area contributed by atoms with E-state index in [0.29, 0.717) is 0 Å². The van der Waals surface area contributed by atoms with Gasteiger partial charge in [0.25, 0.3) is 10.0 Å². The first-order valence-corrected chi connectivity index (χ1v) is 13.7. The van der Waals surface area contributed by atoms with Crippen LogP contribution in [-0.2, 0) is 39.0 Å². The zero-order valence-corrected chi connectivity index (χ0v) is 22.9. The van der Waals surface area contributed by atoms with E-state index < -0.39 is 69.5 Å². The summed E-state index contributed by atoms with van der Waals surface area (Å²) >= 11 is 0. The minimum absolute atomic E-state index is 0.514. The number of sulfonamides is 1. The number of amides is 2. The van der Waals surface area contributed by atoms with E-state index in [2.05, 4.69) is 0 Å². The van der Waals surface area contributed by atoms with E-state index in [1.54, 1.807) is 46.4 Å². The lowest BCUT2D eigenvalue weighted by atomic mass is 10.2. The molecule has 0 radical (unpaired) electrons. The highest BCUT2D eigenvalue weighted by Gasteiger charge is 2.55. The number of nitrogens with one attached hydrogen (secondary N) is 1. The molecule has 0 spiro atoms. The normalized spacial score (nSPS) is 14.1.